The van der Waals surface area contributed by atoms with E-state index >= 15 is 0 Å². The third-order valence-electron chi connectivity index (χ3n) is 10.1. The molecule has 0 spiro atoms. The van der Waals surface area contributed by atoms with E-state index in [1.165, 1.54) is 0 Å². The van der Waals surface area contributed by atoms with Crippen LogP contribution < -0.4 is 4.74 Å². The van der Waals surface area contributed by atoms with Crippen molar-refractivity contribution in [2.45, 2.75) is 27.7 Å². The van der Waals surface area contributed by atoms with E-state index in [1.807, 2.05) is 18.2 Å². The van der Waals surface area contributed by atoms with Crippen molar-refractivity contribution in [1.82, 2.24) is 33.9 Å². The molecule has 0 fully saturated rings. The van der Waals surface area contributed by atoms with Crippen molar-refractivity contribution >= 4 is 49.1 Å². The van der Waals surface area contributed by atoms with Gasteiger partial charge >= 0.3 is 21.1 Å². The molecule has 0 saturated heterocycles. The van der Waals surface area contributed by atoms with Crippen LogP contribution in [0.25, 0.3) is 72.2 Å². The molecule has 0 atom stereocenters. The van der Waals surface area contributed by atoms with E-state index in [0.29, 0.717) is 17.4 Å². The Kier molecular flexibility index (Phi) is 7.75. The molecule has 0 aliphatic carbocycles. The number of hydrogen-bond donors (Lipinski definition) is 0. The van der Waals surface area contributed by atoms with Gasteiger partial charge in [-0.05, 0) is 72.9 Å². The van der Waals surface area contributed by atoms with Crippen LogP contribution in [0, 0.1) is 39.8 Å². The quantitative estimate of drug-likeness (QED) is 0.127. The molecule has 0 bridgehead atoms. The Morgan fingerprint density at radius 2 is 1.19 bits per heavy atom. The Bertz CT molecular complexity index is 3020. The molecular weight excluding hydrogens is 838 g/mol. The second-order valence-electron chi connectivity index (χ2n) is 13.4. The number of rotatable bonds is 5. The Labute approximate surface area is 319 Å². The van der Waals surface area contributed by atoms with Gasteiger partial charge in [0.2, 0.25) is 5.95 Å². The molecule has 0 unspecified atom stereocenters. The third kappa shape index (κ3) is 5.01. The second kappa shape index (κ2) is 12.5. The van der Waals surface area contributed by atoms with Crippen molar-refractivity contribution in [2.75, 3.05) is 0 Å². The summed E-state index contributed by atoms with van der Waals surface area (Å²) in [5.74, 6) is 2.59. The van der Waals surface area contributed by atoms with Crippen LogP contribution in [0.4, 0.5) is 0 Å². The predicted molar refractivity (Wildman–Crippen MR) is 206 cm³/mol. The molecule has 0 aliphatic rings. The topological polar surface area (TPSA) is 75.1 Å². The summed E-state index contributed by atoms with van der Waals surface area (Å²) in [6, 6.07) is 44.5. The molecular formula is C44H31N7OPt. The molecule has 4 aromatic heterocycles. The van der Waals surface area contributed by atoms with Crippen LogP contribution in [-0.2, 0) is 21.1 Å². The maximum absolute atomic E-state index is 6.58. The molecule has 258 valence electrons. The summed E-state index contributed by atoms with van der Waals surface area (Å²) in [5, 5.41) is 23.6. The van der Waals surface area contributed by atoms with Gasteiger partial charge in [-0.25, -0.2) is 0 Å². The molecule has 0 radical (unpaired) electrons. The maximum atomic E-state index is 6.58. The van der Waals surface area contributed by atoms with Crippen LogP contribution in [0.5, 0.6) is 11.5 Å². The molecule has 0 amide bonds. The first kappa shape index (κ1) is 32.8. The molecule has 0 saturated carbocycles. The van der Waals surface area contributed by atoms with Gasteiger partial charge in [-0.15, -0.1) is 44.9 Å². The van der Waals surface area contributed by atoms with Crippen LogP contribution >= 0.6 is 0 Å². The number of benzene rings is 6. The van der Waals surface area contributed by atoms with E-state index in [-0.39, 0.29) is 21.1 Å². The standard InChI is InChI=1S/C44H31N7O.Pt/c1-26-11-9-12-27(2)40(26)43-47-46-42-36-23-30(19-21-32(36)33-15-5-8-18-38(33)51(42)43)52-31-20-22-35-34-16-6-7-17-37(34)50(39(35)24-31)44-48-45-25-49(44)41-28(3)13-10-14-29(41)4;/h5-22,25H,1-4H3;/q-2;+2. The zero-order valence-corrected chi connectivity index (χ0v) is 31.6. The molecule has 10 rings (SSSR count). The third-order valence-corrected chi connectivity index (χ3v) is 10.1. The number of aromatic nitrogens is 7. The first-order valence-corrected chi connectivity index (χ1v) is 17.2. The number of aryl methyl sites for hydroxylation is 4. The molecule has 53 heavy (non-hydrogen) atoms. The van der Waals surface area contributed by atoms with E-state index in [1.54, 1.807) is 6.33 Å². The van der Waals surface area contributed by atoms with E-state index < -0.39 is 0 Å². The average molecular weight is 869 g/mol. The van der Waals surface area contributed by atoms with Crippen molar-refractivity contribution < 1.29 is 25.8 Å². The number of pyridine rings is 1. The average Bonchev–Trinajstić information content (AvgIpc) is 3.88. The van der Waals surface area contributed by atoms with Crippen LogP contribution in [-0.4, -0.2) is 33.9 Å². The van der Waals surface area contributed by atoms with Gasteiger partial charge in [-0.1, -0.05) is 95.2 Å². The number of ether oxygens (including phenoxy) is 1. The minimum Gasteiger partial charge on any atom is -0.503 e. The smallest absolute Gasteiger partial charge is 0.503 e. The van der Waals surface area contributed by atoms with Gasteiger partial charge in [0.05, 0.1) is 11.3 Å². The molecule has 6 aromatic carbocycles. The van der Waals surface area contributed by atoms with Gasteiger partial charge in [0, 0.05) is 28.1 Å². The summed E-state index contributed by atoms with van der Waals surface area (Å²) >= 11 is 0. The van der Waals surface area contributed by atoms with E-state index in [9.17, 15) is 0 Å². The molecule has 4 heterocycles. The summed E-state index contributed by atoms with van der Waals surface area (Å²) in [6.07, 6.45) is 1.77. The van der Waals surface area contributed by atoms with Crippen molar-refractivity contribution in [3.63, 3.8) is 0 Å². The monoisotopic (exact) mass is 868 g/mol. The van der Waals surface area contributed by atoms with Crippen molar-refractivity contribution in [2.24, 2.45) is 0 Å². The van der Waals surface area contributed by atoms with Gasteiger partial charge in [-0.3, -0.25) is 4.57 Å². The molecule has 0 aliphatic heterocycles. The second-order valence-corrected chi connectivity index (χ2v) is 13.4. The Hall–Kier alpha value is -6.11. The number of nitrogens with zero attached hydrogens (tertiary/aromatic N) is 7. The van der Waals surface area contributed by atoms with E-state index in [0.717, 1.165) is 88.5 Å². The Morgan fingerprint density at radius 1 is 0.566 bits per heavy atom. The van der Waals surface area contributed by atoms with Crippen LogP contribution in [0.1, 0.15) is 22.3 Å². The Balaban J connectivity index is 0.00000372. The molecule has 9 heteroatoms. The summed E-state index contributed by atoms with van der Waals surface area (Å²) in [5.41, 5.74) is 10.3. The fourth-order valence-corrected chi connectivity index (χ4v) is 7.82. The molecule has 8 nitrogen and oxygen atoms in total. The predicted octanol–water partition coefficient (Wildman–Crippen LogP) is 10.0. The van der Waals surface area contributed by atoms with Crippen molar-refractivity contribution in [3.8, 4) is 34.5 Å². The van der Waals surface area contributed by atoms with Gasteiger partial charge in [0.1, 0.15) is 6.33 Å². The zero-order valence-electron chi connectivity index (χ0n) is 29.3. The minimum absolute atomic E-state index is 0. The Morgan fingerprint density at radius 3 is 1.92 bits per heavy atom. The van der Waals surface area contributed by atoms with Gasteiger partial charge < -0.3 is 13.7 Å². The largest absolute Gasteiger partial charge is 2.00 e. The first-order chi connectivity index (χ1) is 25.5. The summed E-state index contributed by atoms with van der Waals surface area (Å²) in [7, 11) is 0. The van der Waals surface area contributed by atoms with E-state index in [2.05, 4.69) is 155 Å². The summed E-state index contributed by atoms with van der Waals surface area (Å²) in [4.78, 5) is 0. The van der Waals surface area contributed by atoms with Gasteiger partial charge in [0.25, 0.3) is 0 Å². The normalized spacial score (nSPS) is 11.6. The van der Waals surface area contributed by atoms with E-state index in [4.69, 9.17) is 14.9 Å². The molecule has 0 N–H and O–H groups in total. The first-order valence-electron chi connectivity index (χ1n) is 17.2. The fraction of sp³-hybridized carbons (Fsp3) is 0.0909. The zero-order chi connectivity index (χ0) is 35.1. The van der Waals surface area contributed by atoms with Crippen LogP contribution in [0.3, 0.4) is 0 Å². The van der Waals surface area contributed by atoms with Gasteiger partial charge in [0.15, 0.2) is 5.82 Å². The van der Waals surface area contributed by atoms with Crippen molar-refractivity contribution in [3.05, 3.63) is 150 Å². The van der Waals surface area contributed by atoms with Crippen LogP contribution in [0.15, 0.2) is 116 Å². The van der Waals surface area contributed by atoms with Crippen LogP contribution in [0.2, 0.25) is 0 Å². The summed E-state index contributed by atoms with van der Waals surface area (Å²) < 4.78 is 12.9. The summed E-state index contributed by atoms with van der Waals surface area (Å²) in [6.45, 7) is 8.45. The number of hydrogen-bond acceptors (Lipinski definition) is 5. The minimum atomic E-state index is 0. The van der Waals surface area contributed by atoms with Crippen molar-refractivity contribution in [1.29, 1.82) is 0 Å². The molecule has 10 aromatic rings. The van der Waals surface area contributed by atoms with Gasteiger partial charge in [-0.2, -0.15) is 11.2 Å². The SMILES string of the molecule is Cc1cccc(C)c1-c1nnc2c3[c-]c(Oc4[c-]c5c(cc4)c4ccccc4n5-c4nncn4-c4c(C)cccc4C)ccc3c3ccccc3n12.[Pt+2]. The fourth-order valence-electron chi connectivity index (χ4n) is 7.82. The maximum Gasteiger partial charge on any atom is 2.00 e. The number of para-hydroxylation sites is 3. The number of fused-ring (bicyclic) bond motifs is 9.